The molecule has 2 heterocycles. The third kappa shape index (κ3) is 9.39. The number of hydrogen-bond acceptors (Lipinski definition) is 8. The summed E-state index contributed by atoms with van der Waals surface area (Å²) in [5, 5.41) is 41.5. The molecule has 0 aliphatic heterocycles. The Hall–Kier alpha value is -4.70. The largest absolute Gasteiger partial charge is 0.508 e. The van der Waals surface area contributed by atoms with Crippen molar-refractivity contribution in [1.82, 2.24) is 25.7 Å². The summed E-state index contributed by atoms with van der Waals surface area (Å²) in [5.41, 5.74) is 3.64. The topological polar surface area (TPSA) is 136 Å². The van der Waals surface area contributed by atoms with Gasteiger partial charge >= 0.3 is 18.3 Å². The van der Waals surface area contributed by atoms with Gasteiger partial charge in [0.1, 0.15) is 10.8 Å². The fourth-order valence-corrected chi connectivity index (χ4v) is 4.90. The third-order valence-electron chi connectivity index (χ3n) is 6.44. The van der Waals surface area contributed by atoms with Crippen LogP contribution in [0.25, 0.3) is 21.5 Å². The van der Waals surface area contributed by atoms with Crippen LogP contribution in [0.3, 0.4) is 0 Å². The number of aromatic nitrogens is 4. The number of carboxylic acids is 1. The van der Waals surface area contributed by atoms with Gasteiger partial charge in [-0.25, -0.2) is 4.79 Å². The van der Waals surface area contributed by atoms with E-state index in [1.807, 2.05) is 25.1 Å². The normalized spacial score (nSPS) is 12.4. The van der Waals surface area contributed by atoms with E-state index in [1.165, 1.54) is 23.5 Å². The minimum Gasteiger partial charge on any atom is -0.508 e. The lowest BCUT2D eigenvalue weighted by atomic mass is 10.0. The van der Waals surface area contributed by atoms with Gasteiger partial charge in [0.05, 0.1) is 16.8 Å². The van der Waals surface area contributed by atoms with Gasteiger partial charge in [0.25, 0.3) is 0 Å². The number of benzene rings is 3. The summed E-state index contributed by atoms with van der Waals surface area (Å²) < 4.78 is 71.5. The van der Waals surface area contributed by atoms with Crippen LogP contribution in [-0.4, -0.2) is 55.3 Å². The molecule has 0 amide bonds. The van der Waals surface area contributed by atoms with Crippen molar-refractivity contribution in [2.75, 3.05) is 11.9 Å². The van der Waals surface area contributed by atoms with Crippen molar-refractivity contribution < 1.29 is 41.4 Å². The van der Waals surface area contributed by atoms with E-state index in [4.69, 9.17) is 9.90 Å². The highest BCUT2D eigenvalue weighted by Crippen LogP contribution is 2.31. The van der Waals surface area contributed by atoms with Crippen LogP contribution >= 0.6 is 11.3 Å². The molecule has 0 bridgehead atoms. The number of carboxylic acid groups (broad SMARTS) is 1. The summed E-state index contributed by atoms with van der Waals surface area (Å²) in [6, 6.07) is 17.9. The van der Waals surface area contributed by atoms with Crippen LogP contribution < -0.4 is 10.6 Å². The van der Waals surface area contributed by atoms with E-state index in [1.54, 1.807) is 30.3 Å². The second-order valence-corrected chi connectivity index (χ2v) is 10.8. The number of rotatable bonds is 9. The number of phenols is 1. The number of H-pyrrole nitrogens is 1. The van der Waals surface area contributed by atoms with Gasteiger partial charge in [-0.2, -0.15) is 31.4 Å². The Morgan fingerprint density at radius 3 is 2.36 bits per heavy atom. The lowest BCUT2D eigenvalue weighted by Crippen LogP contribution is -2.37. The number of aryl methyl sites for hydroxylation is 1. The Morgan fingerprint density at radius 2 is 1.69 bits per heavy atom. The molecule has 0 spiro atoms. The molecule has 45 heavy (non-hydrogen) atoms. The minimum atomic E-state index is -5.08. The number of aromatic amines is 1. The number of nitrogens with one attached hydrogen (secondary N) is 3. The SMILES string of the molecule is Cc1n[nH]c2ccc(-c3nnc(NCC(Cc4cccc(C(F)(F)F)c4)NCc4ccc(O)cc4)s3)cc12.O=C(O)C(F)(F)F. The number of alkyl halides is 6. The molecule has 16 heteroatoms. The van der Waals surface area contributed by atoms with Gasteiger partial charge < -0.3 is 20.8 Å². The zero-order chi connectivity index (χ0) is 32.8. The molecular formula is C29H26F6N6O3S. The number of aliphatic carboxylic acids is 1. The molecule has 5 rings (SSSR count). The lowest BCUT2D eigenvalue weighted by molar-refractivity contribution is -0.192. The molecule has 5 N–H and O–H groups in total. The van der Waals surface area contributed by atoms with Crippen LogP contribution in [0.1, 0.15) is 22.4 Å². The third-order valence-corrected chi connectivity index (χ3v) is 7.37. The van der Waals surface area contributed by atoms with Crippen molar-refractivity contribution in [3.63, 3.8) is 0 Å². The van der Waals surface area contributed by atoms with E-state index >= 15 is 0 Å². The Morgan fingerprint density at radius 1 is 0.978 bits per heavy atom. The van der Waals surface area contributed by atoms with Gasteiger partial charge in [0, 0.05) is 30.1 Å². The van der Waals surface area contributed by atoms with Crippen molar-refractivity contribution in [3.05, 3.63) is 89.1 Å². The van der Waals surface area contributed by atoms with Crippen LogP contribution in [0.2, 0.25) is 0 Å². The Bertz CT molecular complexity index is 1740. The number of anilines is 1. The molecule has 1 atom stereocenters. The van der Waals surface area contributed by atoms with E-state index in [9.17, 15) is 31.4 Å². The first-order chi connectivity index (χ1) is 21.2. The second kappa shape index (κ2) is 13.9. The minimum absolute atomic E-state index is 0.171. The molecule has 1 unspecified atom stereocenters. The van der Waals surface area contributed by atoms with E-state index in [2.05, 4.69) is 31.0 Å². The number of hydrogen-bond donors (Lipinski definition) is 5. The van der Waals surface area contributed by atoms with Gasteiger partial charge in [-0.15, -0.1) is 10.2 Å². The quantitative estimate of drug-likeness (QED) is 0.113. The van der Waals surface area contributed by atoms with Gasteiger partial charge in [-0.1, -0.05) is 41.7 Å². The maximum absolute atomic E-state index is 13.2. The molecule has 9 nitrogen and oxygen atoms in total. The predicted octanol–water partition coefficient (Wildman–Crippen LogP) is 6.56. The zero-order valence-electron chi connectivity index (χ0n) is 23.4. The number of phenolic OH excluding ortho intramolecular Hbond substituents is 1. The molecule has 0 aliphatic rings. The first kappa shape index (κ1) is 33.2. The summed E-state index contributed by atoms with van der Waals surface area (Å²) in [5.74, 6) is -2.59. The van der Waals surface area contributed by atoms with Crippen molar-refractivity contribution in [2.24, 2.45) is 0 Å². The summed E-state index contributed by atoms with van der Waals surface area (Å²) in [6.45, 7) is 2.84. The fourth-order valence-electron chi connectivity index (χ4n) is 4.15. The first-order valence-corrected chi connectivity index (χ1v) is 14.0. The molecule has 0 aliphatic carbocycles. The summed E-state index contributed by atoms with van der Waals surface area (Å²) in [6.07, 6.45) is -9.11. The summed E-state index contributed by atoms with van der Waals surface area (Å²) in [7, 11) is 0. The van der Waals surface area contributed by atoms with Crippen LogP contribution in [0.15, 0.2) is 66.7 Å². The molecule has 238 valence electrons. The standard InChI is InChI=1S/C27H25F3N6OS.C2HF3O2/c1-16-23-13-19(7-10-24(23)34-33-16)25-35-36-26(38-25)32-15-21(31-14-17-5-8-22(37)9-6-17)12-18-3-2-4-20(11-18)27(28,29)30;3-2(4,5)1(6)7/h2-11,13,21,31,37H,12,14-15H2,1H3,(H,32,36)(H,33,34);(H,6,7). The van der Waals surface area contributed by atoms with Gasteiger partial charge in [-0.3, -0.25) is 5.10 Å². The van der Waals surface area contributed by atoms with Crippen molar-refractivity contribution >= 4 is 33.3 Å². The predicted molar refractivity (Wildman–Crippen MR) is 156 cm³/mol. The number of carbonyl (C=O) groups is 1. The average molecular weight is 653 g/mol. The van der Waals surface area contributed by atoms with E-state index in [0.717, 1.165) is 38.8 Å². The van der Waals surface area contributed by atoms with Crippen LogP contribution in [-0.2, 0) is 23.9 Å². The van der Waals surface area contributed by atoms with Gasteiger partial charge in [0.15, 0.2) is 0 Å². The lowest BCUT2D eigenvalue weighted by Gasteiger charge is -2.20. The molecule has 2 aromatic heterocycles. The van der Waals surface area contributed by atoms with Crippen LogP contribution in [0, 0.1) is 6.92 Å². The maximum atomic E-state index is 13.2. The number of halogens is 6. The van der Waals surface area contributed by atoms with Gasteiger partial charge in [-0.05, 0) is 60.9 Å². The first-order valence-electron chi connectivity index (χ1n) is 13.2. The zero-order valence-corrected chi connectivity index (χ0v) is 24.2. The molecule has 0 saturated carbocycles. The highest BCUT2D eigenvalue weighted by molar-refractivity contribution is 7.18. The molecular weight excluding hydrogens is 626 g/mol. The van der Waals surface area contributed by atoms with E-state index in [-0.39, 0.29) is 11.8 Å². The molecule has 3 aromatic carbocycles. The fraction of sp³-hybridized carbons (Fsp3) is 0.241. The second-order valence-electron chi connectivity index (χ2n) is 9.81. The molecule has 0 fully saturated rings. The van der Waals surface area contributed by atoms with E-state index < -0.39 is 23.9 Å². The number of fused-ring (bicyclic) bond motifs is 1. The highest BCUT2D eigenvalue weighted by Gasteiger charge is 2.38. The van der Waals surface area contributed by atoms with Crippen LogP contribution in [0.4, 0.5) is 31.5 Å². The highest BCUT2D eigenvalue weighted by atomic mass is 32.1. The van der Waals surface area contributed by atoms with Crippen molar-refractivity contribution in [3.8, 4) is 16.3 Å². The number of nitrogens with zero attached hydrogens (tertiary/aromatic N) is 3. The number of aromatic hydroxyl groups is 1. The smallest absolute Gasteiger partial charge is 0.490 e. The van der Waals surface area contributed by atoms with Crippen molar-refractivity contribution in [2.45, 2.75) is 38.3 Å². The monoisotopic (exact) mass is 652 g/mol. The molecule has 0 saturated heterocycles. The molecule has 5 aromatic rings. The summed E-state index contributed by atoms with van der Waals surface area (Å²) >= 11 is 1.40. The average Bonchev–Trinajstić information content (AvgIpc) is 3.61. The van der Waals surface area contributed by atoms with E-state index in [0.29, 0.717) is 30.2 Å². The van der Waals surface area contributed by atoms with Crippen molar-refractivity contribution in [1.29, 1.82) is 0 Å². The summed E-state index contributed by atoms with van der Waals surface area (Å²) in [4.78, 5) is 8.90. The Balaban J connectivity index is 0.000000591. The Labute approximate surface area is 255 Å². The molecule has 0 radical (unpaired) electrons. The van der Waals surface area contributed by atoms with Gasteiger partial charge in [0.2, 0.25) is 5.13 Å². The Kier molecular flexibility index (Phi) is 10.3. The van der Waals surface area contributed by atoms with Crippen LogP contribution in [0.5, 0.6) is 5.75 Å². The maximum Gasteiger partial charge on any atom is 0.490 e.